The third-order valence-electron chi connectivity index (χ3n) is 1.86. The van der Waals surface area contributed by atoms with Gasteiger partial charge in [-0.3, -0.25) is 0 Å². The number of fused-ring (bicyclic) bond motifs is 1. The summed E-state index contributed by atoms with van der Waals surface area (Å²) in [4.78, 5) is 4.30. The van der Waals surface area contributed by atoms with Crippen LogP contribution in [0, 0.1) is 0 Å². The fourth-order valence-corrected chi connectivity index (χ4v) is 1.19. The first-order valence-corrected chi connectivity index (χ1v) is 3.96. The number of aromatic nitrogens is 2. The van der Waals surface area contributed by atoms with E-state index in [0.717, 1.165) is 17.8 Å². The first-order chi connectivity index (χ1) is 5.79. The number of hydrogen-bond donors (Lipinski definition) is 1. The summed E-state index contributed by atoms with van der Waals surface area (Å²) in [7, 11) is 0. The van der Waals surface area contributed by atoms with Crippen molar-refractivity contribution >= 4 is 5.65 Å². The van der Waals surface area contributed by atoms with Crippen LogP contribution in [0.1, 0.15) is 12.6 Å². The lowest BCUT2D eigenvalue weighted by molar-refractivity contribution is 0.475. The smallest absolute Gasteiger partial charge is 0.140 e. The maximum absolute atomic E-state index is 9.16. The van der Waals surface area contributed by atoms with Crippen LogP contribution in [0.3, 0.4) is 0 Å². The summed E-state index contributed by atoms with van der Waals surface area (Å²) < 4.78 is 1.90. The minimum Gasteiger partial charge on any atom is -0.508 e. The van der Waals surface area contributed by atoms with Gasteiger partial charge in [-0.25, -0.2) is 4.98 Å². The Kier molecular flexibility index (Phi) is 1.50. The highest BCUT2D eigenvalue weighted by Crippen LogP contribution is 2.12. The molecule has 62 valence electrons. The third kappa shape index (κ3) is 1.03. The van der Waals surface area contributed by atoms with Crippen LogP contribution >= 0.6 is 0 Å². The molecule has 2 rings (SSSR count). The molecular weight excluding hydrogens is 152 g/mol. The Bertz CT molecular complexity index is 406. The van der Waals surface area contributed by atoms with E-state index in [4.69, 9.17) is 5.11 Å². The quantitative estimate of drug-likeness (QED) is 0.691. The molecule has 0 amide bonds. The summed E-state index contributed by atoms with van der Waals surface area (Å²) in [6.45, 7) is 2.06. The number of pyridine rings is 1. The molecule has 3 heteroatoms. The molecule has 0 atom stereocenters. The molecule has 2 aromatic heterocycles. The average Bonchev–Trinajstić information content (AvgIpc) is 2.46. The molecule has 0 bridgehead atoms. The normalized spacial score (nSPS) is 10.8. The van der Waals surface area contributed by atoms with Gasteiger partial charge >= 0.3 is 0 Å². The molecule has 2 aromatic rings. The van der Waals surface area contributed by atoms with E-state index >= 15 is 0 Å². The predicted octanol–water partition coefficient (Wildman–Crippen LogP) is 1.60. The molecule has 0 aliphatic carbocycles. The number of hydrogen-bond acceptors (Lipinski definition) is 2. The van der Waals surface area contributed by atoms with Crippen molar-refractivity contribution in [1.82, 2.24) is 9.38 Å². The zero-order valence-corrected chi connectivity index (χ0v) is 6.86. The molecular formula is C9H10N2O. The van der Waals surface area contributed by atoms with Crippen LogP contribution in [0.15, 0.2) is 24.5 Å². The standard InChI is InChI=1S/C9H10N2O/c1-2-7-6-11-4-3-8(12)5-9(11)10-7/h3-6,12H,2H2,1H3. The number of aromatic hydroxyl groups is 1. The largest absolute Gasteiger partial charge is 0.508 e. The lowest BCUT2D eigenvalue weighted by Crippen LogP contribution is -1.79. The first kappa shape index (κ1) is 7.16. The van der Waals surface area contributed by atoms with E-state index in [0.29, 0.717) is 0 Å². The van der Waals surface area contributed by atoms with Crippen molar-refractivity contribution in [2.24, 2.45) is 0 Å². The molecule has 3 nitrogen and oxygen atoms in total. The minimum absolute atomic E-state index is 0.260. The van der Waals surface area contributed by atoms with Crippen LogP contribution < -0.4 is 0 Å². The van der Waals surface area contributed by atoms with Gasteiger partial charge in [-0.1, -0.05) is 6.92 Å². The van der Waals surface area contributed by atoms with Gasteiger partial charge in [-0.2, -0.15) is 0 Å². The monoisotopic (exact) mass is 162 g/mol. The third-order valence-corrected chi connectivity index (χ3v) is 1.86. The van der Waals surface area contributed by atoms with Gasteiger partial charge in [0.25, 0.3) is 0 Å². The Balaban J connectivity index is 2.67. The summed E-state index contributed by atoms with van der Waals surface area (Å²) in [5.74, 6) is 0.260. The molecule has 0 saturated heterocycles. The molecule has 2 heterocycles. The van der Waals surface area contributed by atoms with E-state index in [1.807, 2.05) is 10.6 Å². The molecule has 0 fully saturated rings. The topological polar surface area (TPSA) is 37.5 Å². The number of imidazole rings is 1. The Labute approximate surface area is 70.3 Å². The van der Waals surface area contributed by atoms with Gasteiger partial charge in [0.05, 0.1) is 5.69 Å². The van der Waals surface area contributed by atoms with Crippen molar-refractivity contribution < 1.29 is 5.11 Å². The first-order valence-electron chi connectivity index (χ1n) is 3.96. The van der Waals surface area contributed by atoms with Crippen molar-refractivity contribution in [3.8, 4) is 5.75 Å². The van der Waals surface area contributed by atoms with Crippen LogP contribution in [0.25, 0.3) is 5.65 Å². The van der Waals surface area contributed by atoms with Crippen LogP contribution in [0.5, 0.6) is 5.75 Å². The lowest BCUT2D eigenvalue weighted by atomic mass is 10.4. The van der Waals surface area contributed by atoms with E-state index < -0.39 is 0 Å². The van der Waals surface area contributed by atoms with Crippen molar-refractivity contribution in [2.75, 3.05) is 0 Å². The van der Waals surface area contributed by atoms with E-state index in [-0.39, 0.29) is 5.75 Å². The Hall–Kier alpha value is -1.51. The molecule has 0 aromatic carbocycles. The minimum atomic E-state index is 0.260. The van der Waals surface area contributed by atoms with Crippen molar-refractivity contribution in [3.05, 3.63) is 30.2 Å². The SMILES string of the molecule is CCc1cn2ccc(O)cc2n1. The van der Waals surface area contributed by atoms with E-state index in [1.54, 1.807) is 18.3 Å². The van der Waals surface area contributed by atoms with Gasteiger partial charge in [-0.15, -0.1) is 0 Å². The molecule has 0 aliphatic heterocycles. The average molecular weight is 162 g/mol. The molecule has 0 unspecified atom stereocenters. The second kappa shape index (κ2) is 2.52. The van der Waals surface area contributed by atoms with Gasteiger partial charge < -0.3 is 9.51 Å². The second-order valence-corrected chi connectivity index (χ2v) is 2.74. The van der Waals surface area contributed by atoms with E-state index in [9.17, 15) is 0 Å². The van der Waals surface area contributed by atoms with Gasteiger partial charge in [-0.05, 0) is 12.5 Å². The fourth-order valence-electron chi connectivity index (χ4n) is 1.19. The summed E-state index contributed by atoms with van der Waals surface area (Å²) >= 11 is 0. The van der Waals surface area contributed by atoms with Gasteiger partial charge in [0, 0.05) is 18.5 Å². The number of nitrogens with zero attached hydrogens (tertiary/aromatic N) is 2. The Morgan fingerprint density at radius 3 is 3.17 bits per heavy atom. The van der Waals surface area contributed by atoms with Gasteiger partial charge in [0.1, 0.15) is 11.4 Å². The van der Waals surface area contributed by atoms with Crippen LogP contribution in [0.4, 0.5) is 0 Å². The summed E-state index contributed by atoms with van der Waals surface area (Å²) in [6, 6.07) is 3.30. The second-order valence-electron chi connectivity index (χ2n) is 2.74. The zero-order valence-electron chi connectivity index (χ0n) is 6.86. The number of aryl methyl sites for hydroxylation is 1. The van der Waals surface area contributed by atoms with Crippen LogP contribution in [-0.2, 0) is 6.42 Å². The fraction of sp³-hybridized carbons (Fsp3) is 0.222. The highest BCUT2D eigenvalue weighted by atomic mass is 16.3. The highest BCUT2D eigenvalue weighted by molar-refractivity contribution is 5.44. The summed E-state index contributed by atoms with van der Waals surface area (Å²) in [5, 5.41) is 9.16. The molecule has 0 spiro atoms. The van der Waals surface area contributed by atoms with Crippen molar-refractivity contribution in [2.45, 2.75) is 13.3 Å². The highest BCUT2D eigenvalue weighted by Gasteiger charge is 1.98. The maximum Gasteiger partial charge on any atom is 0.140 e. The molecule has 0 radical (unpaired) electrons. The lowest BCUT2D eigenvalue weighted by Gasteiger charge is -1.91. The van der Waals surface area contributed by atoms with E-state index in [2.05, 4.69) is 11.9 Å². The molecule has 12 heavy (non-hydrogen) atoms. The van der Waals surface area contributed by atoms with Crippen LogP contribution in [0.2, 0.25) is 0 Å². The molecule has 0 aliphatic rings. The van der Waals surface area contributed by atoms with Crippen molar-refractivity contribution in [3.63, 3.8) is 0 Å². The molecule has 1 N–H and O–H groups in total. The molecule has 0 saturated carbocycles. The predicted molar refractivity (Wildman–Crippen MR) is 46.2 cm³/mol. The van der Waals surface area contributed by atoms with Gasteiger partial charge in [0.2, 0.25) is 0 Å². The number of rotatable bonds is 1. The zero-order chi connectivity index (χ0) is 8.55. The van der Waals surface area contributed by atoms with Crippen LogP contribution in [-0.4, -0.2) is 14.5 Å². The summed E-state index contributed by atoms with van der Waals surface area (Å²) in [6.07, 6.45) is 4.69. The van der Waals surface area contributed by atoms with Gasteiger partial charge in [0.15, 0.2) is 0 Å². The van der Waals surface area contributed by atoms with Crippen molar-refractivity contribution in [1.29, 1.82) is 0 Å². The Morgan fingerprint density at radius 2 is 2.42 bits per heavy atom. The summed E-state index contributed by atoms with van der Waals surface area (Å²) in [5.41, 5.74) is 1.84. The Morgan fingerprint density at radius 1 is 1.58 bits per heavy atom. The van der Waals surface area contributed by atoms with E-state index in [1.165, 1.54) is 0 Å². The maximum atomic E-state index is 9.16.